The average molecular weight is 1140 g/mol. The fourth-order valence-electron chi connectivity index (χ4n) is 13.1. The van der Waals surface area contributed by atoms with E-state index in [0.29, 0.717) is 0 Å². The first-order valence-electron chi connectivity index (χ1n) is 27.8. The number of aromatic nitrogens is 2. The van der Waals surface area contributed by atoms with Crippen molar-refractivity contribution in [2.75, 3.05) is 0 Å². The molecule has 0 N–H and O–H groups in total. The number of ether oxygens (including phenoxy) is 2. The Labute approximate surface area is 472 Å². The third-order valence-corrected chi connectivity index (χ3v) is 22.2. The monoisotopic (exact) mass is 1140 g/mol. The molecule has 4 nitrogen and oxygen atoms in total. The van der Waals surface area contributed by atoms with E-state index in [1.54, 1.807) is 0 Å². The van der Waals surface area contributed by atoms with Crippen LogP contribution in [0.3, 0.4) is 0 Å². The molecule has 0 saturated carbocycles. The fraction of sp³-hybridized carbons (Fsp3) is 0.229. The van der Waals surface area contributed by atoms with Crippen LogP contribution in [0, 0.1) is 0 Å². The summed E-state index contributed by atoms with van der Waals surface area (Å²) in [7, 11) is 0. The van der Waals surface area contributed by atoms with E-state index in [0.717, 1.165) is 34.4 Å². The molecule has 0 atom stereocenters. The summed E-state index contributed by atoms with van der Waals surface area (Å²) < 4.78 is 25.5. The molecular weight excluding hydrogens is 1080 g/mol. The zero-order chi connectivity index (χ0) is 53.7. The maximum absolute atomic E-state index is 7.42. The van der Waals surface area contributed by atoms with E-state index in [9.17, 15) is 0 Å². The SMILES string of the molecule is CC(C)(C)c1ccc2c(c1)c1cc(C(C)(C)C)ccc1n2-c1cc2c3c(c1)[Se]c1ccccc1B3c1cc3c(cc1O2)Oc1cc(-n2c4ccc(C(C)(C)C)cc4c4cc(C(C)(C)C)ccc42)cc2c1B3c1ccccc1[Se]2. The first kappa shape index (κ1) is 48.5. The molecule has 4 aliphatic rings. The second-order valence-electron chi connectivity index (χ2n) is 26.6. The molecule has 0 unspecified atom stereocenters. The summed E-state index contributed by atoms with van der Waals surface area (Å²) in [4.78, 5) is 0. The van der Waals surface area contributed by atoms with Gasteiger partial charge >= 0.3 is 475 Å². The van der Waals surface area contributed by atoms with Crippen molar-refractivity contribution in [2.24, 2.45) is 0 Å². The van der Waals surface area contributed by atoms with Gasteiger partial charge in [-0.1, -0.05) is 0 Å². The van der Waals surface area contributed by atoms with Gasteiger partial charge in [0, 0.05) is 0 Å². The third kappa shape index (κ3) is 7.25. The van der Waals surface area contributed by atoms with Crippen molar-refractivity contribution in [1.82, 2.24) is 9.13 Å². The molecule has 78 heavy (non-hydrogen) atoms. The van der Waals surface area contributed by atoms with E-state index in [1.165, 1.54) is 116 Å². The first-order valence-corrected chi connectivity index (χ1v) is 31.2. The molecule has 15 rings (SSSR count). The van der Waals surface area contributed by atoms with E-state index in [-0.39, 0.29) is 65.0 Å². The van der Waals surface area contributed by atoms with Crippen molar-refractivity contribution in [1.29, 1.82) is 0 Å². The minimum atomic E-state index is 0.0168. The molecule has 6 heterocycles. The zero-order valence-corrected chi connectivity index (χ0v) is 50.1. The van der Waals surface area contributed by atoms with Gasteiger partial charge in [0.15, 0.2) is 0 Å². The molecule has 4 aliphatic heterocycles. The number of rotatable bonds is 2. The molecule has 382 valence electrons. The number of hydrogen-bond acceptors (Lipinski definition) is 2. The van der Waals surface area contributed by atoms with E-state index in [1.807, 2.05) is 0 Å². The summed E-state index contributed by atoms with van der Waals surface area (Å²) in [6.07, 6.45) is 0. The summed E-state index contributed by atoms with van der Waals surface area (Å²) in [5, 5.41) is 5.16. The zero-order valence-electron chi connectivity index (χ0n) is 46.7. The Morgan fingerprint density at radius 1 is 0.321 bits per heavy atom. The molecule has 0 spiro atoms. The van der Waals surface area contributed by atoms with Gasteiger partial charge in [0.2, 0.25) is 0 Å². The predicted molar refractivity (Wildman–Crippen MR) is 335 cm³/mol. The van der Waals surface area contributed by atoms with Crippen LogP contribution in [0.25, 0.3) is 55.0 Å². The number of fused-ring (bicyclic) bond motifs is 14. The van der Waals surface area contributed by atoms with E-state index in [2.05, 4.69) is 250 Å². The van der Waals surface area contributed by atoms with Crippen molar-refractivity contribution in [3.63, 3.8) is 0 Å². The summed E-state index contributed by atoms with van der Waals surface area (Å²) in [6, 6.07) is 61.3. The summed E-state index contributed by atoms with van der Waals surface area (Å²) in [6.45, 7) is 27.8. The molecular formula is C70H62B2N2O2Se2. The van der Waals surface area contributed by atoms with Gasteiger partial charge in [-0.3, -0.25) is 0 Å². The molecule has 8 heteroatoms. The summed E-state index contributed by atoms with van der Waals surface area (Å²) >= 11 is 0.137. The van der Waals surface area contributed by atoms with Crippen molar-refractivity contribution in [3.8, 4) is 34.4 Å². The van der Waals surface area contributed by atoms with Crippen molar-refractivity contribution >= 4 is 138 Å². The van der Waals surface area contributed by atoms with Crippen LogP contribution in [0.15, 0.2) is 158 Å². The molecule has 2 aromatic heterocycles. The van der Waals surface area contributed by atoms with Crippen molar-refractivity contribution in [3.05, 3.63) is 180 Å². The van der Waals surface area contributed by atoms with Crippen LogP contribution in [-0.2, 0) is 21.7 Å². The number of nitrogens with zero attached hydrogens (tertiary/aromatic N) is 2. The minimum absolute atomic E-state index is 0.0168. The van der Waals surface area contributed by atoms with Gasteiger partial charge in [0.25, 0.3) is 0 Å². The van der Waals surface area contributed by atoms with Crippen LogP contribution >= 0.6 is 0 Å². The topological polar surface area (TPSA) is 28.3 Å². The van der Waals surface area contributed by atoms with E-state index < -0.39 is 0 Å². The molecule has 0 bridgehead atoms. The van der Waals surface area contributed by atoms with E-state index in [4.69, 9.17) is 9.47 Å². The van der Waals surface area contributed by atoms with Crippen molar-refractivity contribution in [2.45, 2.75) is 105 Å². The molecule has 0 amide bonds. The van der Waals surface area contributed by atoms with Crippen LogP contribution in [-0.4, -0.2) is 52.5 Å². The predicted octanol–water partition coefficient (Wildman–Crippen LogP) is 10.3. The van der Waals surface area contributed by atoms with Crippen LogP contribution in [0.1, 0.15) is 105 Å². The van der Waals surface area contributed by atoms with Crippen LogP contribution in [0.2, 0.25) is 0 Å². The Bertz CT molecular complexity index is 4040. The molecule has 0 fully saturated rings. The Morgan fingerprint density at radius 3 is 0.987 bits per heavy atom. The fourth-order valence-corrected chi connectivity index (χ4v) is 18.1. The Kier molecular flexibility index (Phi) is 10.2. The summed E-state index contributed by atoms with van der Waals surface area (Å²) in [5.41, 5.74) is 20.4. The van der Waals surface area contributed by atoms with Crippen molar-refractivity contribution < 1.29 is 9.47 Å². The summed E-state index contributed by atoms with van der Waals surface area (Å²) in [5.74, 6) is 3.60. The van der Waals surface area contributed by atoms with Gasteiger partial charge in [-0.15, -0.1) is 0 Å². The van der Waals surface area contributed by atoms with E-state index >= 15 is 0 Å². The second kappa shape index (κ2) is 16.5. The van der Waals surface area contributed by atoms with Gasteiger partial charge in [0.05, 0.1) is 0 Å². The first-order chi connectivity index (χ1) is 37.2. The number of benzene rings is 9. The van der Waals surface area contributed by atoms with Crippen LogP contribution < -0.4 is 60.1 Å². The molecule has 9 aromatic carbocycles. The molecule has 0 radical (unpaired) electrons. The molecule has 0 aliphatic carbocycles. The van der Waals surface area contributed by atoms with Gasteiger partial charge in [0.1, 0.15) is 0 Å². The van der Waals surface area contributed by atoms with Gasteiger partial charge in [-0.05, 0) is 0 Å². The molecule has 0 saturated heterocycles. The maximum atomic E-state index is 7.42. The Hall–Kier alpha value is -6.65. The average Bonchev–Trinajstić information content (AvgIpc) is 3.82. The Balaban J connectivity index is 0.919. The Morgan fingerprint density at radius 2 is 0.654 bits per heavy atom. The van der Waals surface area contributed by atoms with Crippen LogP contribution in [0.5, 0.6) is 23.0 Å². The molecule has 11 aromatic rings. The number of hydrogen-bond donors (Lipinski definition) is 0. The normalized spacial score (nSPS) is 14.5. The third-order valence-electron chi connectivity index (χ3n) is 17.4. The van der Waals surface area contributed by atoms with Gasteiger partial charge in [-0.25, -0.2) is 0 Å². The van der Waals surface area contributed by atoms with Gasteiger partial charge in [-0.2, -0.15) is 0 Å². The second-order valence-corrected chi connectivity index (χ2v) is 31.1. The quantitative estimate of drug-likeness (QED) is 0.161. The van der Waals surface area contributed by atoms with Gasteiger partial charge < -0.3 is 0 Å². The standard InChI is InChI=1S/C70H62B2N2O2Se2/c1-67(2,3)39-21-25-53-45(29-39)46-30-40(68(4,5)6)22-26-54(46)73(53)43-33-59-65-63(35-43)77-61-19-15-13-17-49(61)71(65)51-37-52-58(38-57(51)75-59)76-60-34-44(36-64-66(60)72(52)50-18-14-16-20-62(50)78-64)74-55-27-23-41(69(7,8)9)31-47(55)48-32-42(70(10,11)12)24-28-56(48)74/h13-38H,1-12H3. The van der Waals surface area contributed by atoms with Crippen LogP contribution in [0.4, 0.5) is 0 Å².